The highest BCUT2D eigenvalue weighted by molar-refractivity contribution is 5.66. The van der Waals surface area contributed by atoms with Gasteiger partial charge in [0.05, 0.1) is 0 Å². The lowest BCUT2D eigenvalue weighted by atomic mass is 10.3. The average Bonchev–Trinajstić information content (AvgIpc) is 1.87. The van der Waals surface area contributed by atoms with Crippen molar-refractivity contribution >= 4 is 5.97 Å². The highest BCUT2D eigenvalue weighted by Crippen LogP contribution is 1.92. The number of carboxylic acids is 1. The van der Waals surface area contributed by atoms with E-state index in [9.17, 15) is 9.18 Å². The normalized spacial score (nSPS) is 10.5. The number of hydrogen-bond acceptors (Lipinski definition) is 2. The summed E-state index contributed by atoms with van der Waals surface area (Å²) in [4.78, 5) is 11.8. The fraction of sp³-hybridized carbons (Fsp3) is 0.857. The van der Waals surface area contributed by atoms with Crippen molar-refractivity contribution in [2.45, 2.75) is 12.8 Å². The number of hydrogen-bond donors (Lipinski definition) is 1. The molecule has 0 radical (unpaired) electrons. The molecule has 0 bridgehead atoms. The van der Waals surface area contributed by atoms with Crippen LogP contribution in [0.25, 0.3) is 0 Å². The van der Waals surface area contributed by atoms with Gasteiger partial charge in [-0.1, -0.05) is 0 Å². The van der Waals surface area contributed by atoms with Crippen molar-refractivity contribution in [1.29, 1.82) is 0 Å². The monoisotopic (exact) mass is 163 g/mol. The van der Waals surface area contributed by atoms with Crippen LogP contribution in [0.3, 0.4) is 0 Å². The average molecular weight is 163 g/mol. The van der Waals surface area contributed by atoms with Gasteiger partial charge in [-0.05, 0) is 20.0 Å². The van der Waals surface area contributed by atoms with Crippen molar-refractivity contribution in [1.82, 2.24) is 4.90 Å². The summed E-state index contributed by atoms with van der Waals surface area (Å²) in [5, 5.41) is 8.26. The van der Waals surface area contributed by atoms with E-state index in [0.29, 0.717) is 19.5 Å². The lowest BCUT2D eigenvalue weighted by Crippen LogP contribution is -2.22. The van der Waals surface area contributed by atoms with Crippen LogP contribution in [0.5, 0.6) is 0 Å². The van der Waals surface area contributed by atoms with Crippen LogP contribution in [-0.4, -0.2) is 42.8 Å². The molecule has 0 unspecified atom stereocenters. The highest BCUT2D eigenvalue weighted by Gasteiger charge is 1.99. The molecule has 0 saturated heterocycles. The van der Waals surface area contributed by atoms with Gasteiger partial charge in [-0.2, -0.15) is 0 Å². The SMILES string of the molecule is CN(CCF)CCCC(=O)O. The Balaban J connectivity index is 3.16. The first-order valence-electron chi connectivity index (χ1n) is 3.63. The third-order valence-electron chi connectivity index (χ3n) is 1.40. The molecular formula is C7H14FNO2. The number of rotatable bonds is 6. The van der Waals surface area contributed by atoms with Gasteiger partial charge in [0, 0.05) is 13.0 Å². The van der Waals surface area contributed by atoms with Crippen molar-refractivity contribution in [2.75, 3.05) is 26.8 Å². The summed E-state index contributed by atoms with van der Waals surface area (Å²) in [5.41, 5.74) is 0. The van der Waals surface area contributed by atoms with E-state index < -0.39 is 5.97 Å². The topological polar surface area (TPSA) is 40.5 Å². The van der Waals surface area contributed by atoms with Crippen LogP contribution in [0.1, 0.15) is 12.8 Å². The summed E-state index contributed by atoms with van der Waals surface area (Å²) >= 11 is 0. The van der Waals surface area contributed by atoms with Crippen molar-refractivity contribution in [2.24, 2.45) is 0 Å². The van der Waals surface area contributed by atoms with Gasteiger partial charge in [0.2, 0.25) is 0 Å². The lowest BCUT2D eigenvalue weighted by molar-refractivity contribution is -0.137. The molecule has 0 aliphatic rings. The predicted octanol–water partition coefficient (Wildman–Crippen LogP) is 0.753. The number of halogens is 1. The van der Waals surface area contributed by atoms with Gasteiger partial charge in [0.15, 0.2) is 0 Å². The van der Waals surface area contributed by atoms with Gasteiger partial charge in [-0.15, -0.1) is 0 Å². The number of nitrogens with zero attached hydrogens (tertiary/aromatic N) is 1. The molecule has 1 N–H and O–H groups in total. The Kier molecular flexibility index (Phi) is 5.74. The molecule has 0 spiro atoms. The van der Waals surface area contributed by atoms with Crippen molar-refractivity contribution in [3.63, 3.8) is 0 Å². The third kappa shape index (κ3) is 7.25. The molecule has 66 valence electrons. The Labute approximate surface area is 65.8 Å². The van der Waals surface area contributed by atoms with Crippen molar-refractivity contribution in [3.8, 4) is 0 Å². The Morgan fingerprint density at radius 3 is 2.64 bits per heavy atom. The summed E-state index contributed by atoms with van der Waals surface area (Å²) in [6.07, 6.45) is 0.752. The van der Waals surface area contributed by atoms with Gasteiger partial charge >= 0.3 is 5.97 Å². The van der Waals surface area contributed by atoms with E-state index in [1.807, 2.05) is 0 Å². The molecule has 3 nitrogen and oxygen atoms in total. The van der Waals surface area contributed by atoms with E-state index >= 15 is 0 Å². The molecule has 0 aromatic carbocycles. The summed E-state index contributed by atoms with van der Waals surface area (Å²) < 4.78 is 11.7. The Morgan fingerprint density at radius 2 is 2.18 bits per heavy atom. The maximum atomic E-state index is 11.7. The predicted molar refractivity (Wildman–Crippen MR) is 40.3 cm³/mol. The summed E-state index contributed by atoms with van der Waals surface area (Å²) in [5.74, 6) is -0.793. The molecule has 0 aromatic heterocycles. The standard InChI is InChI=1S/C7H14FNO2/c1-9(6-4-8)5-2-3-7(10)11/h2-6H2,1H3,(H,10,11). The van der Waals surface area contributed by atoms with Crippen LogP contribution < -0.4 is 0 Å². The van der Waals surface area contributed by atoms with Crippen molar-refractivity contribution in [3.05, 3.63) is 0 Å². The van der Waals surface area contributed by atoms with E-state index in [0.717, 1.165) is 0 Å². The smallest absolute Gasteiger partial charge is 0.303 e. The van der Waals surface area contributed by atoms with Crippen LogP contribution in [-0.2, 0) is 4.79 Å². The molecule has 0 fully saturated rings. The fourth-order valence-electron chi connectivity index (χ4n) is 0.756. The quantitative estimate of drug-likeness (QED) is 0.628. The molecule has 4 heteroatoms. The number of aliphatic carboxylic acids is 1. The van der Waals surface area contributed by atoms with E-state index in [1.54, 1.807) is 11.9 Å². The van der Waals surface area contributed by atoms with E-state index in [4.69, 9.17) is 5.11 Å². The minimum absolute atomic E-state index is 0.163. The largest absolute Gasteiger partial charge is 0.481 e. The maximum Gasteiger partial charge on any atom is 0.303 e. The zero-order chi connectivity index (χ0) is 8.69. The van der Waals surface area contributed by atoms with Gasteiger partial charge in [0.25, 0.3) is 0 Å². The van der Waals surface area contributed by atoms with E-state index in [2.05, 4.69) is 0 Å². The molecule has 0 atom stereocenters. The zero-order valence-electron chi connectivity index (χ0n) is 6.72. The molecule has 11 heavy (non-hydrogen) atoms. The van der Waals surface area contributed by atoms with Gasteiger partial charge < -0.3 is 10.0 Å². The number of carbonyl (C=O) groups is 1. The third-order valence-corrected chi connectivity index (χ3v) is 1.40. The second kappa shape index (κ2) is 6.09. The summed E-state index contributed by atoms with van der Waals surface area (Å²) in [7, 11) is 1.78. The summed E-state index contributed by atoms with van der Waals surface area (Å²) in [6, 6.07) is 0. The second-order valence-electron chi connectivity index (χ2n) is 2.49. The van der Waals surface area contributed by atoms with Crippen LogP contribution in [0.4, 0.5) is 4.39 Å². The molecule has 0 amide bonds. The molecule has 0 aliphatic heterocycles. The Bertz CT molecular complexity index is 119. The minimum Gasteiger partial charge on any atom is -0.481 e. The number of alkyl halides is 1. The molecule has 0 saturated carbocycles. The van der Waals surface area contributed by atoms with E-state index in [1.165, 1.54) is 0 Å². The molecule has 0 heterocycles. The van der Waals surface area contributed by atoms with Crippen LogP contribution in [0, 0.1) is 0 Å². The first-order valence-corrected chi connectivity index (χ1v) is 3.63. The lowest BCUT2D eigenvalue weighted by Gasteiger charge is -2.12. The molecule has 0 aliphatic carbocycles. The Hall–Kier alpha value is -0.640. The van der Waals surface area contributed by atoms with Gasteiger partial charge in [-0.25, -0.2) is 4.39 Å². The molecular weight excluding hydrogens is 149 g/mol. The first kappa shape index (κ1) is 10.4. The van der Waals surface area contributed by atoms with Crippen molar-refractivity contribution < 1.29 is 14.3 Å². The van der Waals surface area contributed by atoms with Crippen LogP contribution >= 0.6 is 0 Å². The zero-order valence-corrected chi connectivity index (χ0v) is 6.72. The van der Waals surface area contributed by atoms with Crippen LogP contribution in [0.2, 0.25) is 0 Å². The maximum absolute atomic E-state index is 11.7. The minimum atomic E-state index is -0.793. The molecule has 0 rings (SSSR count). The Morgan fingerprint density at radius 1 is 1.55 bits per heavy atom. The number of carboxylic acid groups (broad SMARTS) is 1. The second-order valence-corrected chi connectivity index (χ2v) is 2.49. The fourth-order valence-corrected chi connectivity index (χ4v) is 0.756. The van der Waals surface area contributed by atoms with Crippen LogP contribution in [0.15, 0.2) is 0 Å². The summed E-state index contributed by atoms with van der Waals surface area (Å²) in [6.45, 7) is 0.666. The first-order chi connectivity index (χ1) is 5.16. The van der Waals surface area contributed by atoms with Gasteiger partial charge in [0.1, 0.15) is 6.67 Å². The van der Waals surface area contributed by atoms with E-state index in [-0.39, 0.29) is 13.1 Å². The van der Waals surface area contributed by atoms with Gasteiger partial charge in [-0.3, -0.25) is 4.79 Å². The molecule has 0 aromatic rings. The highest BCUT2D eigenvalue weighted by atomic mass is 19.1.